The van der Waals surface area contributed by atoms with Gasteiger partial charge in [0.05, 0.1) is 5.60 Å². The lowest BCUT2D eigenvalue weighted by molar-refractivity contribution is 0.0533. The summed E-state index contributed by atoms with van der Waals surface area (Å²) in [7, 11) is 0. The predicted octanol–water partition coefficient (Wildman–Crippen LogP) is 2.23. The van der Waals surface area contributed by atoms with E-state index in [0.29, 0.717) is 13.3 Å². The number of rotatable bonds is 5. The minimum atomic E-state index is -0.662. The zero-order valence-corrected chi connectivity index (χ0v) is 11.2. The highest BCUT2D eigenvalue weighted by Crippen LogP contribution is 2.34. The van der Waals surface area contributed by atoms with Gasteiger partial charge in [-0.15, -0.1) is 0 Å². The second-order valence-corrected chi connectivity index (χ2v) is 5.07. The highest BCUT2D eigenvalue weighted by Gasteiger charge is 2.20. The molecular formula is C14H21NO3. The van der Waals surface area contributed by atoms with Crippen LogP contribution in [0, 0.1) is 0 Å². The zero-order chi connectivity index (χ0) is 13.2. The van der Waals surface area contributed by atoms with Crippen molar-refractivity contribution in [1.29, 1.82) is 0 Å². The van der Waals surface area contributed by atoms with Crippen LogP contribution in [0.2, 0.25) is 0 Å². The maximum atomic E-state index is 9.97. The standard InChI is InChI=1S/C14H21NO3/c1-4-14(3,16)8-15-10(2)11-5-6-12-13(7-11)18-9-17-12/h5-7,10,15-16H,4,8-9H2,1-3H3. The first kappa shape index (κ1) is 13.2. The van der Waals surface area contributed by atoms with Crippen molar-refractivity contribution in [3.8, 4) is 11.5 Å². The average Bonchev–Trinajstić information content (AvgIpc) is 2.83. The van der Waals surface area contributed by atoms with Crippen LogP contribution in [0.15, 0.2) is 18.2 Å². The molecule has 0 bridgehead atoms. The fraction of sp³-hybridized carbons (Fsp3) is 0.571. The Morgan fingerprint density at radius 3 is 2.83 bits per heavy atom. The molecule has 18 heavy (non-hydrogen) atoms. The predicted molar refractivity (Wildman–Crippen MR) is 69.9 cm³/mol. The van der Waals surface area contributed by atoms with E-state index in [2.05, 4.69) is 12.2 Å². The normalized spacial score (nSPS) is 18.4. The SMILES string of the molecule is CCC(C)(O)CNC(C)c1ccc2c(c1)OCO2. The van der Waals surface area contributed by atoms with Gasteiger partial charge in [0, 0.05) is 12.6 Å². The number of nitrogens with one attached hydrogen (secondary N) is 1. The molecule has 1 aromatic rings. The molecule has 0 aliphatic carbocycles. The second kappa shape index (κ2) is 5.16. The first-order valence-corrected chi connectivity index (χ1v) is 6.37. The molecule has 0 saturated carbocycles. The number of hydrogen-bond donors (Lipinski definition) is 2. The third-order valence-electron chi connectivity index (χ3n) is 3.45. The Morgan fingerprint density at radius 2 is 2.11 bits per heavy atom. The summed E-state index contributed by atoms with van der Waals surface area (Å²) in [6.45, 7) is 6.76. The van der Waals surface area contributed by atoms with Crippen LogP contribution >= 0.6 is 0 Å². The van der Waals surface area contributed by atoms with Crippen molar-refractivity contribution in [3.63, 3.8) is 0 Å². The first-order chi connectivity index (χ1) is 8.52. The van der Waals surface area contributed by atoms with E-state index in [1.54, 1.807) is 0 Å². The Bertz CT molecular complexity index is 418. The van der Waals surface area contributed by atoms with Gasteiger partial charge in [0.2, 0.25) is 6.79 Å². The van der Waals surface area contributed by atoms with Crippen LogP contribution < -0.4 is 14.8 Å². The van der Waals surface area contributed by atoms with Gasteiger partial charge in [-0.05, 0) is 38.0 Å². The summed E-state index contributed by atoms with van der Waals surface area (Å²) < 4.78 is 10.6. The molecule has 1 aromatic carbocycles. The van der Waals surface area contributed by atoms with Crippen molar-refractivity contribution in [2.24, 2.45) is 0 Å². The van der Waals surface area contributed by atoms with Crippen LogP contribution in [-0.2, 0) is 0 Å². The minimum Gasteiger partial charge on any atom is -0.454 e. The van der Waals surface area contributed by atoms with E-state index in [1.165, 1.54) is 0 Å². The first-order valence-electron chi connectivity index (χ1n) is 6.37. The Morgan fingerprint density at radius 1 is 1.39 bits per heavy atom. The quantitative estimate of drug-likeness (QED) is 0.842. The van der Waals surface area contributed by atoms with Gasteiger partial charge in [0.15, 0.2) is 11.5 Å². The van der Waals surface area contributed by atoms with Gasteiger partial charge in [-0.3, -0.25) is 0 Å². The van der Waals surface area contributed by atoms with E-state index in [0.717, 1.165) is 23.5 Å². The summed E-state index contributed by atoms with van der Waals surface area (Å²) in [5, 5.41) is 13.3. The molecule has 2 atom stereocenters. The monoisotopic (exact) mass is 251 g/mol. The Balaban J connectivity index is 1.99. The molecule has 4 nitrogen and oxygen atoms in total. The third-order valence-corrected chi connectivity index (χ3v) is 3.45. The van der Waals surface area contributed by atoms with Crippen molar-refractivity contribution in [2.75, 3.05) is 13.3 Å². The van der Waals surface area contributed by atoms with Gasteiger partial charge in [-0.1, -0.05) is 13.0 Å². The molecule has 2 rings (SSSR count). The topological polar surface area (TPSA) is 50.7 Å². The summed E-state index contributed by atoms with van der Waals surface area (Å²) in [6, 6.07) is 6.10. The molecule has 1 aliphatic rings. The highest BCUT2D eigenvalue weighted by atomic mass is 16.7. The fourth-order valence-electron chi connectivity index (χ4n) is 1.80. The van der Waals surface area contributed by atoms with Crippen molar-refractivity contribution >= 4 is 0 Å². The fourth-order valence-corrected chi connectivity index (χ4v) is 1.80. The lowest BCUT2D eigenvalue weighted by Crippen LogP contribution is -2.38. The van der Waals surface area contributed by atoms with Crippen LogP contribution in [0.1, 0.15) is 38.8 Å². The highest BCUT2D eigenvalue weighted by molar-refractivity contribution is 5.45. The van der Waals surface area contributed by atoms with Gasteiger partial charge in [-0.25, -0.2) is 0 Å². The molecule has 2 unspecified atom stereocenters. The average molecular weight is 251 g/mol. The smallest absolute Gasteiger partial charge is 0.231 e. The van der Waals surface area contributed by atoms with Crippen molar-refractivity contribution in [1.82, 2.24) is 5.32 Å². The number of ether oxygens (including phenoxy) is 2. The molecule has 4 heteroatoms. The van der Waals surface area contributed by atoms with Crippen LogP contribution in [0.25, 0.3) is 0 Å². The maximum absolute atomic E-state index is 9.97. The molecule has 0 fully saturated rings. The van der Waals surface area contributed by atoms with Crippen LogP contribution in [0.4, 0.5) is 0 Å². The lowest BCUT2D eigenvalue weighted by atomic mass is 10.0. The summed E-state index contributed by atoms with van der Waals surface area (Å²) in [6.07, 6.45) is 0.730. The summed E-state index contributed by atoms with van der Waals surface area (Å²) in [4.78, 5) is 0. The van der Waals surface area contributed by atoms with E-state index in [9.17, 15) is 5.11 Å². The lowest BCUT2D eigenvalue weighted by Gasteiger charge is -2.24. The largest absolute Gasteiger partial charge is 0.454 e. The molecule has 1 heterocycles. The number of aliphatic hydroxyl groups is 1. The van der Waals surface area contributed by atoms with Gasteiger partial charge in [0.1, 0.15) is 0 Å². The molecule has 100 valence electrons. The van der Waals surface area contributed by atoms with Crippen LogP contribution in [-0.4, -0.2) is 24.0 Å². The molecule has 0 spiro atoms. The van der Waals surface area contributed by atoms with E-state index in [1.807, 2.05) is 32.0 Å². The zero-order valence-electron chi connectivity index (χ0n) is 11.2. The Labute approximate surface area is 108 Å². The van der Waals surface area contributed by atoms with Gasteiger partial charge in [0.25, 0.3) is 0 Å². The van der Waals surface area contributed by atoms with Gasteiger partial charge < -0.3 is 19.9 Å². The molecule has 0 radical (unpaired) electrons. The Kier molecular flexibility index (Phi) is 3.78. The van der Waals surface area contributed by atoms with E-state index in [4.69, 9.17) is 9.47 Å². The number of hydrogen-bond acceptors (Lipinski definition) is 4. The molecule has 2 N–H and O–H groups in total. The van der Waals surface area contributed by atoms with Crippen molar-refractivity contribution in [2.45, 2.75) is 38.8 Å². The van der Waals surface area contributed by atoms with Gasteiger partial charge >= 0.3 is 0 Å². The summed E-state index contributed by atoms with van der Waals surface area (Å²) in [5.41, 5.74) is 0.469. The molecule has 0 saturated heterocycles. The van der Waals surface area contributed by atoms with Crippen molar-refractivity contribution in [3.05, 3.63) is 23.8 Å². The van der Waals surface area contributed by atoms with E-state index >= 15 is 0 Å². The van der Waals surface area contributed by atoms with E-state index in [-0.39, 0.29) is 6.04 Å². The maximum Gasteiger partial charge on any atom is 0.231 e. The van der Waals surface area contributed by atoms with Crippen LogP contribution in [0.5, 0.6) is 11.5 Å². The third kappa shape index (κ3) is 2.94. The molecule has 1 aliphatic heterocycles. The van der Waals surface area contributed by atoms with Crippen LogP contribution in [0.3, 0.4) is 0 Å². The minimum absolute atomic E-state index is 0.164. The second-order valence-electron chi connectivity index (χ2n) is 5.07. The molecule has 0 aromatic heterocycles. The van der Waals surface area contributed by atoms with Gasteiger partial charge in [-0.2, -0.15) is 0 Å². The number of fused-ring (bicyclic) bond motifs is 1. The molecular weight excluding hydrogens is 230 g/mol. The number of benzene rings is 1. The summed E-state index contributed by atoms with van der Waals surface area (Å²) >= 11 is 0. The van der Waals surface area contributed by atoms with E-state index < -0.39 is 5.60 Å². The summed E-state index contributed by atoms with van der Waals surface area (Å²) in [5.74, 6) is 1.59. The Hall–Kier alpha value is -1.26. The molecule has 0 amide bonds. The van der Waals surface area contributed by atoms with Crippen molar-refractivity contribution < 1.29 is 14.6 Å².